The molecule has 1 atom stereocenters. The third-order valence-electron chi connectivity index (χ3n) is 2.59. The molecule has 0 unspecified atom stereocenters. The average molecular weight is 284 g/mol. The number of carbonyl (C=O) groups excluding carboxylic acids is 1. The van der Waals surface area contributed by atoms with E-state index in [4.69, 9.17) is 5.11 Å². The number of urea groups is 1. The molecule has 2 amide bonds. The summed E-state index contributed by atoms with van der Waals surface area (Å²) in [5.41, 5.74) is 1.17. The van der Waals surface area contributed by atoms with Crippen LogP contribution in [0.2, 0.25) is 0 Å². The monoisotopic (exact) mass is 284 g/mol. The van der Waals surface area contributed by atoms with E-state index < -0.39 is 18.0 Å². The van der Waals surface area contributed by atoms with Crippen LogP contribution in [-0.4, -0.2) is 29.7 Å². The van der Waals surface area contributed by atoms with Gasteiger partial charge in [-0.1, -0.05) is 13.8 Å². The van der Waals surface area contributed by atoms with Gasteiger partial charge >= 0.3 is 12.0 Å². The van der Waals surface area contributed by atoms with Crippen molar-refractivity contribution in [2.45, 2.75) is 32.7 Å². The van der Waals surface area contributed by atoms with Crippen molar-refractivity contribution in [1.29, 1.82) is 0 Å². The zero-order valence-corrected chi connectivity index (χ0v) is 12.0. The third kappa shape index (κ3) is 6.24. The molecule has 1 aromatic rings. The Balaban J connectivity index is 2.30. The summed E-state index contributed by atoms with van der Waals surface area (Å²) in [6.45, 7) is 4.34. The van der Waals surface area contributed by atoms with Crippen LogP contribution in [0.4, 0.5) is 4.79 Å². The number of carboxylic acid groups (broad SMARTS) is 1. The molecule has 106 valence electrons. The zero-order valence-electron chi connectivity index (χ0n) is 11.2. The molecular formula is C13H20N2O3S. The first kappa shape index (κ1) is 15.5. The first-order valence-corrected chi connectivity index (χ1v) is 7.21. The fraction of sp³-hybridized carbons (Fsp3) is 0.538. The molecule has 0 aromatic carbocycles. The summed E-state index contributed by atoms with van der Waals surface area (Å²) in [7, 11) is 0. The van der Waals surface area contributed by atoms with E-state index in [2.05, 4.69) is 10.6 Å². The van der Waals surface area contributed by atoms with E-state index in [1.165, 1.54) is 5.56 Å². The maximum Gasteiger partial charge on any atom is 0.326 e. The van der Waals surface area contributed by atoms with E-state index in [1.807, 2.05) is 30.7 Å². The molecule has 0 aliphatic rings. The Morgan fingerprint density at radius 3 is 2.68 bits per heavy atom. The summed E-state index contributed by atoms with van der Waals surface area (Å²) in [6, 6.07) is 0.743. The number of thiophene rings is 1. The van der Waals surface area contributed by atoms with Crippen LogP contribution < -0.4 is 10.6 Å². The maximum atomic E-state index is 11.6. The van der Waals surface area contributed by atoms with E-state index in [9.17, 15) is 9.59 Å². The lowest BCUT2D eigenvalue weighted by molar-refractivity contribution is -0.139. The SMILES string of the molecule is CC(C)C[C@H](NC(=O)NCCc1ccsc1)C(=O)O. The normalized spacial score (nSPS) is 12.2. The molecule has 0 saturated carbocycles. The summed E-state index contributed by atoms with van der Waals surface area (Å²) in [5, 5.41) is 18.2. The van der Waals surface area contributed by atoms with Crippen molar-refractivity contribution >= 4 is 23.3 Å². The van der Waals surface area contributed by atoms with E-state index >= 15 is 0 Å². The molecule has 5 nitrogen and oxygen atoms in total. The second-order valence-electron chi connectivity index (χ2n) is 4.80. The van der Waals surface area contributed by atoms with Gasteiger partial charge in [0.25, 0.3) is 0 Å². The summed E-state index contributed by atoms with van der Waals surface area (Å²) in [4.78, 5) is 22.6. The molecule has 1 rings (SSSR count). The topological polar surface area (TPSA) is 78.4 Å². The lowest BCUT2D eigenvalue weighted by atomic mass is 10.0. The first-order chi connectivity index (χ1) is 8.99. The highest BCUT2D eigenvalue weighted by atomic mass is 32.1. The van der Waals surface area contributed by atoms with E-state index in [0.29, 0.717) is 13.0 Å². The Labute approximate surface area is 117 Å². The van der Waals surface area contributed by atoms with Gasteiger partial charge in [0.15, 0.2) is 0 Å². The van der Waals surface area contributed by atoms with Gasteiger partial charge in [0.2, 0.25) is 0 Å². The number of hydrogen-bond acceptors (Lipinski definition) is 3. The molecule has 6 heteroatoms. The highest BCUT2D eigenvalue weighted by Gasteiger charge is 2.20. The van der Waals surface area contributed by atoms with Crippen LogP contribution >= 0.6 is 11.3 Å². The minimum absolute atomic E-state index is 0.215. The maximum absolute atomic E-state index is 11.6. The second-order valence-corrected chi connectivity index (χ2v) is 5.58. The van der Waals surface area contributed by atoms with Crippen molar-refractivity contribution in [3.8, 4) is 0 Å². The van der Waals surface area contributed by atoms with Crippen molar-refractivity contribution in [3.63, 3.8) is 0 Å². The van der Waals surface area contributed by atoms with Crippen molar-refractivity contribution in [3.05, 3.63) is 22.4 Å². The van der Waals surface area contributed by atoms with Gasteiger partial charge in [0, 0.05) is 6.54 Å². The lowest BCUT2D eigenvalue weighted by Crippen LogP contribution is -2.47. The van der Waals surface area contributed by atoms with Crippen LogP contribution in [0.1, 0.15) is 25.8 Å². The van der Waals surface area contributed by atoms with E-state index in [-0.39, 0.29) is 5.92 Å². The Bertz CT molecular complexity index is 404. The Hall–Kier alpha value is -1.56. The van der Waals surface area contributed by atoms with Crippen LogP contribution in [0, 0.1) is 5.92 Å². The second kappa shape index (κ2) is 7.78. The van der Waals surface area contributed by atoms with Gasteiger partial charge in [0.05, 0.1) is 0 Å². The molecule has 0 spiro atoms. The van der Waals surface area contributed by atoms with Crippen LogP contribution in [-0.2, 0) is 11.2 Å². The number of carbonyl (C=O) groups is 2. The highest BCUT2D eigenvalue weighted by Crippen LogP contribution is 2.06. The van der Waals surface area contributed by atoms with Gasteiger partial charge in [-0.05, 0) is 41.1 Å². The number of nitrogens with one attached hydrogen (secondary N) is 2. The standard InChI is InChI=1S/C13H20N2O3S/c1-9(2)7-11(12(16)17)15-13(18)14-5-3-10-4-6-19-8-10/h4,6,8-9,11H,3,5,7H2,1-2H3,(H,16,17)(H2,14,15,18)/t11-/m0/s1. The molecule has 1 aromatic heterocycles. The number of hydrogen-bond donors (Lipinski definition) is 3. The van der Waals surface area contributed by atoms with Gasteiger partial charge in [0.1, 0.15) is 6.04 Å². The van der Waals surface area contributed by atoms with E-state index in [1.54, 1.807) is 11.3 Å². The molecule has 0 aliphatic carbocycles. The summed E-state index contributed by atoms with van der Waals surface area (Å²) in [6.07, 6.45) is 1.17. The summed E-state index contributed by atoms with van der Waals surface area (Å²) >= 11 is 1.61. The highest BCUT2D eigenvalue weighted by molar-refractivity contribution is 7.07. The molecule has 0 bridgehead atoms. The average Bonchev–Trinajstić information content (AvgIpc) is 2.80. The van der Waals surface area contributed by atoms with Crippen LogP contribution in [0.5, 0.6) is 0 Å². The molecule has 1 heterocycles. The molecule has 19 heavy (non-hydrogen) atoms. The minimum Gasteiger partial charge on any atom is -0.480 e. The Morgan fingerprint density at radius 2 is 2.16 bits per heavy atom. The van der Waals surface area contributed by atoms with Gasteiger partial charge in [-0.3, -0.25) is 0 Å². The molecule has 0 saturated heterocycles. The first-order valence-electron chi connectivity index (χ1n) is 6.27. The molecule has 0 aliphatic heterocycles. The van der Waals surface area contributed by atoms with Crippen molar-refractivity contribution in [1.82, 2.24) is 10.6 Å². The lowest BCUT2D eigenvalue weighted by Gasteiger charge is -2.16. The van der Waals surface area contributed by atoms with Crippen molar-refractivity contribution in [2.75, 3.05) is 6.54 Å². The van der Waals surface area contributed by atoms with Gasteiger partial charge in [-0.15, -0.1) is 0 Å². The van der Waals surface area contributed by atoms with Crippen LogP contribution in [0.25, 0.3) is 0 Å². The van der Waals surface area contributed by atoms with Crippen molar-refractivity contribution < 1.29 is 14.7 Å². The summed E-state index contributed by atoms with van der Waals surface area (Å²) < 4.78 is 0. The minimum atomic E-state index is -0.998. The van der Waals surface area contributed by atoms with Gasteiger partial charge in [-0.2, -0.15) is 11.3 Å². The fourth-order valence-corrected chi connectivity index (χ4v) is 2.36. The number of amides is 2. The predicted molar refractivity (Wildman–Crippen MR) is 75.4 cm³/mol. The Morgan fingerprint density at radius 1 is 1.42 bits per heavy atom. The fourth-order valence-electron chi connectivity index (χ4n) is 1.66. The predicted octanol–water partition coefficient (Wildman–Crippen LogP) is 2.09. The molecular weight excluding hydrogens is 264 g/mol. The van der Waals surface area contributed by atoms with Gasteiger partial charge < -0.3 is 15.7 Å². The molecule has 0 fully saturated rings. The quantitative estimate of drug-likeness (QED) is 0.717. The number of rotatable bonds is 7. The third-order valence-corrected chi connectivity index (χ3v) is 3.32. The van der Waals surface area contributed by atoms with Crippen LogP contribution in [0.3, 0.4) is 0 Å². The van der Waals surface area contributed by atoms with E-state index in [0.717, 1.165) is 6.42 Å². The van der Waals surface area contributed by atoms with Gasteiger partial charge in [-0.25, -0.2) is 9.59 Å². The smallest absolute Gasteiger partial charge is 0.326 e. The molecule has 3 N–H and O–H groups in total. The largest absolute Gasteiger partial charge is 0.480 e. The zero-order chi connectivity index (χ0) is 14.3. The Kier molecular flexibility index (Phi) is 6.35. The van der Waals surface area contributed by atoms with Crippen molar-refractivity contribution in [2.24, 2.45) is 5.92 Å². The number of aliphatic carboxylic acids is 1. The van der Waals surface area contributed by atoms with Crippen LogP contribution in [0.15, 0.2) is 16.8 Å². The molecule has 0 radical (unpaired) electrons. The summed E-state index contributed by atoms with van der Waals surface area (Å²) in [5.74, 6) is -0.783. The number of carboxylic acids is 1.